The Morgan fingerprint density at radius 1 is 1.21 bits per heavy atom. The Hall–Kier alpha value is -1.78. The fourth-order valence-electron chi connectivity index (χ4n) is 0.715. The normalized spacial score (nSPS) is 14.0. The lowest BCUT2D eigenvalue weighted by molar-refractivity contribution is -0.134. The highest BCUT2D eigenvalue weighted by Gasteiger charge is 1.88. The third kappa shape index (κ3) is 10.2. The molecule has 0 spiro atoms. The average molecular weight is 199 g/mol. The van der Waals surface area contributed by atoms with Gasteiger partial charge in [-0.05, 0) is 19.0 Å². The van der Waals surface area contributed by atoms with E-state index < -0.39 is 11.9 Å². The van der Waals surface area contributed by atoms with Crippen molar-refractivity contribution in [2.75, 3.05) is 6.54 Å². The summed E-state index contributed by atoms with van der Waals surface area (Å²) in [5, 5.41) is 18.7. The summed E-state index contributed by atoms with van der Waals surface area (Å²) < 4.78 is 0. The van der Waals surface area contributed by atoms with Gasteiger partial charge in [-0.25, -0.2) is 9.59 Å². The van der Waals surface area contributed by atoms with Crippen LogP contribution in [-0.4, -0.2) is 28.7 Å². The van der Waals surface area contributed by atoms with Crippen LogP contribution in [0.15, 0.2) is 24.4 Å². The van der Waals surface area contributed by atoms with E-state index in [-0.39, 0.29) is 0 Å². The first-order valence-electron chi connectivity index (χ1n) is 4.15. The molecule has 0 aromatic heterocycles. The van der Waals surface area contributed by atoms with Crippen LogP contribution in [0.3, 0.4) is 0 Å². The van der Waals surface area contributed by atoms with E-state index in [4.69, 9.17) is 10.2 Å². The Labute approximate surface area is 81.7 Å². The molecule has 1 aliphatic rings. The first kappa shape index (κ1) is 12.2. The molecule has 1 rings (SSSR count). The van der Waals surface area contributed by atoms with E-state index in [1.54, 1.807) is 0 Å². The second kappa shape index (κ2) is 7.85. The number of nitrogens with one attached hydrogen (secondary N) is 1. The molecule has 0 aliphatic carbocycles. The molecule has 5 nitrogen and oxygen atoms in total. The Kier molecular flexibility index (Phi) is 6.85. The van der Waals surface area contributed by atoms with Gasteiger partial charge in [0.25, 0.3) is 0 Å². The second-order valence-corrected chi connectivity index (χ2v) is 2.51. The fourth-order valence-corrected chi connectivity index (χ4v) is 0.715. The fraction of sp³-hybridized carbons (Fsp3) is 0.333. The molecule has 78 valence electrons. The van der Waals surface area contributed by atoms with Gasteiger partial charge in [0.05, 0.1) is 0 Å². The van der Waals surface area contributed by atoms with E-state index in [1.807, 2.05) is 6.20 Å². The lowest BCUT2D eigenvalue weighted by Gasteiger charge is -2.02. The Morgan fingerprint density at radius 3 is 1.93 bits per heavy atom. The molecular formula is C9H13NO4. The van der Waals surface area contributed by atoms with Crippen LogP contribution >= 0.6 is 0 Å². The van der Waals surface area contributed by atoms with E-state index in [0.717, 1.165) is 6.54 Å². The Bertz CT molecular complexity index is 221. The monoisotopic (exact) mass is 199 g/mol. The van der Waals surface area contributed by atoms with Crippen molar-refractivity contribution in [3.63, 3.8) is 0 Å². The summed E-state index contributed by atoms with van der Waals surface area (Å²) in [6.07, 6.45) is 7.85. The third-order valence-electron chi connectivity index (χ3n) is 1.30. The summed E-state index contributed by atoms with van der Waals surface area (Å²) in [7, 11) is 0. The summed E-state index contributed by atoms with van der Waals surface area (Å²) in [5.74, 6) is -2.51. The van der Waals surface area contributed by atoms with Crippen LogP contribution in [0, 0.1) is 0 Å². The number of carboxylic acid groups (broad SMARTS) is 2. The molecule has 0 aromatic rings. The van der Waals surface area contributed by atoms with Crippen molar-refractivity contribution in [3.05, 3.63) is 24.4 Å². The largest absolute Gasteiger partial charge is 0.478 e. The summed E-state index contributed by atoms with van der Waals surface area (Å²) in [6, 6.07) is 0. The molecule has 0 fully saturated rings. The third-order valence-corrected chi connectivity index (χ3v) is 1.30. The topological polar surface area (TPSA) is 86.6 Å². The SMILES string of the molecule is C1=CNCCC1.O=C(O)/C=C\C(=O)O. The number of allylic oxidation sites excluding steroid dienone is 1. The van der Waals surface area contributed by atoms with Gasteiger partial charge in [-0.1, -0.05) is 6.08 Å². The number of carbonyl (C=O) groups is 2. The Morgan fingerprint density at radius 2 is 1.79 bits per heavy atom. The molecule has 0 aromatic carbocycles. The molecule has 0 unspecified atom stereocenters. The minimum Gasteiger partial charge on any atom is -0.478 e. The second-order valence-electron chi connectivity index (χ2n) is 2.51. The highest BCUT2D eigenvalue weighted by molar-refractivity contribution is 5.89. The first-order chi connectivity index (χ1) is 6.63. The first-order valence-corrected chi connectivity index (χ1v) is 4.15. The Balaban J connectivity index is 0.000000249. The zero-order valence-electron chi connectivity index (χ0n) is 7.64. The molecule has 0 radical (unpaired) electrons. The molecule has 3 N–H and O–H groups in total. The minimum atomic E-state index is -1.26. The van der Waals surface area contributed by atoms with Crippen LogP contribution in [0.4, 0.5) is 0 Å². The maximum atomic E-state index is 9.55. The lowest BCUT2D eigenvalue weighted by Crippen LogP contribution is -2.09. The lowest BCUT2D eigenvalue weighted by atomic mass is 10.2. The van der Waals surface area contributed by atoms with Gasteiger partial charge in [-0.15, -0.1) is 0 Å². The molecular weight excluding hydrogens is 186 g/mol. The van der Waals surface area contributed by atoms with E-state index in [1.165, 1.54) is 12.8 Å². The summed E-state index contributed by atoms with van der Waals surface area (Å²) in [4.78, 5) is 19.1. The highest BCUT2D eigenvalue weighted by Crippen LogP contribution is 1.91. The van der Waals surface area contributed by atoms with Gasteiger partial charge in [0.2, 0.25) is 0 Å². The molecule has 1 aliphatic heterocycles. The molecule has 0 bridgehead atoms. The predicted molar refractivity (Wildman–Crippen MR) is 50.8 cm³/mol. The number of hydrogen-bond donors (Lipinski definition) is 3. The molecule has 0 saturated carbocycles. The van der Waals surface area contributed by atoms with E-state index in [2.05, 4.69) is 11.4 Å². The van der Waals surface area contributed by atoms with Gasteiger partial charge >= 0.3 is 11.9 Å². The smallest absolute Gasteiger partial charge is 0.328 e. The van der Waals surface area contributed by atoms with Gasteiger partial charge in [-0.3, -0.25) is 0 Å². The number of aliphatic carboxylic acids is 2. The summed E-state index contributed by atoms with van der Waals surface area (Å²) >= 11 is 0. The van der Waals surface area contributed by atoms with Crippen LogP contribution in [0.2, 0.25) is 0 Å². The van der Waals surface area contributed by atoms with Crippen molar-refractivity contribution in [3.8, 4) is 0 Å². The summed E-state index contributed by atoms with van der Waals surface area (Å²) in [5.41, 5.74) is 0. The molecule has 0 saturated heterocycles. The maximum Gasteiger partial charge on any atom is 0.328 e. The van der Waals surface area contributed by atoms with E-state index >= 15 is 0 Å². The van der Waals surface area contributed by atoms with E-state index in [9.17, 15) is 9.59 Å². The van der Waals surface area contributed by atoms with Crippen molar-refractivity contribution in [2.45, 2.75) is 12.8 Å². The van der Waals surface area contributed by atoms with Crippen molar-refractivity contribution in [1.29, 1.82) is 0 Å². The van der Waals surface area contributed by atoms with Gasteiger partial charge in [-0.2, -0.15) is 0 Å². The van der Waals surface area contributed by atoms with Crippen LogP contribution in [0.1, 0.15) is 12.8 Å². The van der Waals surface area contributed by atoms with Crippen molar-refractivity contribution >= 4 is 11.9 Å². The van der Waals surface area contributed by atoms with Crippen molar-refractivity contribution in [2.24, 2.45) is 0 Å². The van der Waals surface area contributed by atoms with Gasteiger partial charge < -0.3 is 15.5 Å². The minimum absolute atomic E-state index is 0.558. The zero-order valence-corrected chi connectivity index (χ0v) is 7.64. The van der Waals surface area contributed by atoms with Crippen LogP contribution in [-0.2, 0) is 9.59 Å². The predicted octanol–water partition coefficient (Wildman–Crippen LogP) is 0.595. The summed E-state index contributed by atoms with van der Waals surface area (Å²) in [6.45, 7) is 1.16. The van der Waals surface area contributed by atoms with Gasteiger partial charge in [0, 0.05) is 18.7 Å². The van der Waals surface area contributed by atoms with Gasteiger partial charge in [0.15, 0.2) is 0 Å². The zero-order chi connectivity index (χ0) is 10.8. The maximum absolute atomic E-state index is 9.55. The molecule has 1 heterocycles. The van der Waals surface area contributed by atoms with E-state index in [0.29, 0.717) is 12.2 Å². The van der Waals surface area contributed by atoms with Crippen molar-refractivity contribution in [1.82, 2.24) is 5.32 Å². The highest BCUT2D eigenvalue weighted by atomic mass is 16.4. The van der Waals surface area contributed by atoms with Crippen LogP contribution in [0.5, 0.6) is 0 Å². The average Bonchev–Trinajstić information content (AvgIpc) is 2.18. The number of carboxylic acids is 2. The molecule has 14 heavy (non-hydrogen) atoms. The van der Waals surface area contributed by atoms with Crippen LogP contribution < -0.4 is 5.32 Å². The van der Waals surface area contributed by atoms with Crippen LogP contribution in [0.25, 0.3) is 0 Å². The van der Waals surface area contributed by atoms with Crippen molar-refractivity contribution < 1.29 is 19.8 Å². The standard InChI is InChI=1S/C5H9N.C4H4O4/c1-2-4-6-5-3-1;5-3(6)1-2-4(7)8/h2,4,6H,1,3,5H2;1-2H,(H,5,6)(H,7,8)/b;2-1-. The molecule has 0 atom stereocenters. The van der Waals surface area contributed by atoms with Gasteiger partial charge in [0.1, 0.15) is 0 Å². The number of rotatable bonds is 2. The number of hydrogen-bond acceptors (Lipinski definition) is 3. The molecule has 0 amide bonds. The quantitative estimate of drug-likeness (QED) is 0.567. The molecule has 5 heteroatoms.